The van der Waals surface area contributed by atoms with Crippen molar-refractivity contribution >= 4 is 24.1 Å². The van der Waals surface area contributed by atoms with Gasteiger partial charge in [0.15, 0.2) is 0 Å². The molecule has 308 valence electrons. The zero-order valence-corrected chi connectivity index (χ0v) is 37.6. The van der Waals surface area contributed by atoms with Crippen LogP contribution in [0.25, 0.3) is 0 Å². The zero-order chi connectivity index (χ0) is 42.3. The minimum atomic E-state index is -0.319. The average Bonchev–Trinajstić information content (AvgIpc) is 2.96. The number of carbonyl (C=O) groups excluding carboxylic acids is 4. The first-order chi connectivity index (χ1) is 22.5. The van der Waals surface area contributed by atoms with Crippen LogP contribution in [0.3, 0.4) is 0 Å². The lowest BCUT2D eigenvalue weighted by atomic mass is 10.7. The fraction of sp³-hybridized carbons (Fsp3) is 0.879. The second-order valence-corrected chi connectivity index (χ2v) is 12.9. The van der Waals surface area contributed by atoms with Gasteiger partial charge in [-0.15, -0.1) is 0 Å². The lowest BCUT2D eigenvalue weighted by molar-refractivity contribution is -0.126. The third kappa shape index (κ3) is 96.8. The van der Waals surface area contributed by atoms with Gasteiger partial charge in [0.25, 0.3) is 0 Å². The van der Waals surface area contributed by atoms with E-state index < -0.39 is 0 Å². The molecule has 0 radical (unpaired) electrons. The van der Waals surface area contributed by atoms with E-state index in [1.807, 2.05) is 47.2 Å². The largest absolute Gasteiger partial charge is 0.453 e. The highest BCUT2D eigenvalue weighted by Gasteiger charge is 2.02. The molecule has 0 aliphatic heterocycles. The topological polar surface area (TPSA) is 134 Å². The van der Waals surface area contributed by atoms with Gasteiger partial charge in [-0.1, -0.05) is 6.92 Å². The van der Waals surface area contributed by atoms with Crippen LogP contribution < -0.4 is 10.6 Å². The van der Waals surface area contributed by atoms with Crippen molar-refractivity contribution in [1.82, 2.24) is 59.6 Å². The summed E-state index contributed by atoms with van der Waals surface area (Å²) in [6.07, 6.45) is -0.319. The Balaban J connectivity index is -0.0000000677. The first-order valence-corrected chi connectivity index (χ1v) is 16.0. The first kappa shape index (κ1) is 65.4. The normalized spacial score (nSPS) is 8.94. The summed E-state index contributed by atoms with van der Waals surface area (Å²) in [6, 6.07) is -0.0509. The number of ether oxygens (including phenoxy) is 1. The molecule has 0 unspecified atom stereocenters. The highest BCUT2D eigenvalue weighted by atomic mass is 16.5. The lowest BCUT2D eigenvalue weighted by Crippen LogP contribution is -2.33. The molecule has 0 rings (SSSR count). The number of nitrogens with one attached hydrogen (secondary N) is 2. The molecule has 0 spiro atoms. The van der Waals surface area contributed by atoms with Crippen molar-refractivity contribution in [2.45, 2.75) is 13.8 Å². The summed E-state index contributed by atoms with van der Waals surface area (Å²) in [7, 11) is 44.3. The molecule has 17 nitrogen and oxygen atoms in total. The second-order valence-electron chi connectivity index (χ2n) is 12.9. The van der Waals surface area contributed by atoms with Gasteiger partial charge in [-0.25, -0.2) is 14.4 Å². The van der Waals surface area contributed by atoms with E-state index in [2.05, 4.69) is 84.2 Å². The first-order valence-electron chi connectivity index (χ1n) is 16.0. The summed E-state index contributed by atoms with van der Waals surface area (Å²) < 4.78 is 4.30. The molecule has 0 aliphatic carbocycles. The van der Waals surface area contributed by atoms with Crippen LogP contribution >= 0.6 is 0 Å². The van der Waals surface area contributed by atoms with Crippen LogP contribution in [0, 0.1) is 0 Å². The van der Waals surface area contributed by atoms with Crippen molar-refractivity contribution in [2.24, 2.45) is 0 Å². The van der Waals surface area contributed by atoms with Crippen molar-refractivity contribution in [3.05, 3.63) is 0 Å². The summed E-state index contributed by atoms with van der Waals surface area (Å²) in [5, 5.41) is 5.44. The molecule has 0 aliphatic rings. The molecule has 0 aromatic carbocycles. The Bertz CT molecular complexity index is 695. The maximum atomic E-state index is 10.7. The molecule has 0 aromatic heterocycles. The summed E-state index contributed by atoms with van der Waals surface area (Å²) in [5.41, 5.74) is 0. The molecule has 0 aromatic rings. The van der Waals surface area contributed by atoms with E-state index >= 15 is 0 Å². The van der Waals surface area contributed by atoms with Crippen LogP contribution in [0.1, 0.15) is 13.8 Å². The Kier molecular flexibility index (Phi) is 60.2. The van der Waals surface area contributed by atoms with Crippen LogP contribution in [0.2, 0.25) is 0 Å². The molecular formula is C33H86N12O5. The van der Waals surface area contributed by atoms with Crippen LogP contribution in [0.5, 0.6) is 0 Å². The van der Waals surface area contributed by atoms with Crippen molar-refractivity contribution in [1.29, 1.82) is 0 Å². The highest BCUT2D eigenvalue weighted by molar-refractivity contribution is 5.73. The number of amides is 6. The van der Waals surface area contributed by atoms with Crippen molar-refractivity contribution in [2.75, 3.05) is 189 Å². The number of carbonyl (C=O) groups is 4. The van der Waals surface area contributed by atoms with Gasteiger partial charge in [0.05, 0.1) is 7.11 Å². The van der Waals surface area contributed by atoms with Gasteiger partial charge in [0.2, 0.25) is 5.91 Å². The standard InChI is InChI=1S/C5H12N2O.C5H14N2.C4H10N2O.C4H12N2.C4H9NO2.C4H9NO.C4H11N.C3H9N/c1-6(2)5(8)7(3)4;1-6(2)5-7(3)4;1-5-4(7)6(2)3;1-5-4-6(2)3;1-5(2)4(6)7-3;1-4(6)5(2)3;1-4-5(2)3;1-4(2)3/h1-4H3;5H2,1-4H3;1-3H3,(H,5,7);5H,4H2,1-3H3;1-3H3;1-3H3;4H2,1-3H3;1-3H3. The molecule has 0 saturated carbocycles. The average molecular weight is 731 g/mol. The van der Waals surface area contributed by atoms with Gasteiger partial charge in [-0.05, 0) is 91.1 Å². The van der Waals surface area contributed by atoms with Crippen LogP contribution in [-0.4, -0.2) is 262 Å². The van der Waals surface area contributed by atoms with Crippen LogP contribution in [0.15, 0.2) is 0 Å². The Morgan fingerprint density at radius 2 is 0.820 bits per heavy atom. The van der Waals surface area contributed by atoms with E-state index in [9.17, 15) is 19.2 Å². The zero-order valence-electron chi connectivity index (χ0n) is 37.6. The van der Waals surface area contributed by atoms with Gasteiger partial charge in [-0.2, -0.15) is 0 Å². The minimum Gasteiger partial charge on any atom is -0.453 e. The number of urea groups is 2. The summed E-state index contributed by atoms with van der Waals surface area (Å²) in [6.45, 7) is 6.78. The third-order valence-corrected chi connectivity index (χ3v) is 4.23. The fourth-order valence-electron chi connectivity index (χ4n) is 1.69. The van der Waals surface area contributed by atoms with Gasteiger partial charge in [0.1, 0.15) is 0 Å². The maximum absolute atomic E-state index is 10.7. The molecule has 0 fully saturated rings. The quantitative estimate of drug-likeness (QED) is 0.394. The van der Waals surface area contributed by atoms with E-state index in [0.717, 1.165) is 19.9 Å². The molecule has 0 heterocycles. The Morgan fingerprint density at radius 3 is 0.820 bits per heavy atom. The van der Waals surface area contributed by atoms with Crippen molar-refractivity contribution in [3.8, 4) is 0 Å². The molecule has 2 N–H and O–H groups in total. The second kappa shape index (κ2) is 46.0. The van der Waals surface area contributed by atoms with E-state index in [1.165, 1.54) is 38.5 Å². The lowest BCUT2D eigenvalue weighted by Gasteiger charge is -2.16. The van der Waals surface area contributed by atoms with Gasteiger partial charge in [0, 0.05) is 97.8 Å². The molecule has 0 atom stereocenters. The SMILES string of the molecule is CC(=O)N(C)C.CCN(C)C.CN(C)C.CN(C)C(=O)N(C)C.CN(C)CN(C)C.CNC(=O)N(C)C.CNCN(C)C.COC(=O)N(C)C. The number of methoxy groups -OCH3 is 1. The Hall–Kier alpha value is -2.96. The molecule has 50 heavy (non-hydrogen) atoms. The van der Waals surface area contributed by atoms with Gasteiger partial charge < -0.3 is 49.7 Å². The number of nitrogens with zero attached hydrogens (tertiary/aromatic N) is 10. The molecule has 6 amide bonds. The van der Waals surface area contributed by atoms with Crippen molar-refractivity contribution in [3.63, 3.8) is 0 Å². The molecular weight excluding hydrogens is 644 g/mol. The Morgan fingerprint density at radius 1 is 0.520 bits per heavy atom. The monoisotopic (exact) mass is 731 g/mol. The van der Waals surface area contributed by atoms with E-state index in [4.69, 9.17) is 0 Å². The van der Waals surface area contributed by atoms with Crippen molar-refractivity contribution < 1.29 is 23.9 Å². The number of rotatable bonds is 5. The predicted octanol–water partition coefficient (Wildman–Crippen LogP) is 1.06. The maximum Gasteiger partial charge on any atom is 0.408 e. The van der Waals surface area contributed by atoms with Crippen LogP contribution in [-0.2, 0) is 9.53 Å². The number of hydrogen-bond acceptors (Lipinski definition) is 11. The van der Waals surface area contributed by atoms with E-state index in [1.54, 1.807) is 77.5 Å². The smallest absolute Gasteiger partial charge is 0.408 e. The summed E-state index contributed by atoms with van der Waals surface area (Å²) in [5.74, 6) is 0.0926. The molecule has 0 bridgehead atoms. The van der Waals surface area contributed by atoms with Crippen LogP contribution in [0.4, 0.5) is 14.4 Å². The molecule has 0 saturated heterocycles. The Labute approximate surface area is 310 Å². The third-order valence-electron chi connectivity index (χ3n) is 4.23. The fourth-order valence-corrected chi connectivity index (χ4v) is 1.69. The highest BCUT2D eigenvalue weighted by Crippen LogP contribution is 1.83. The van der Waals surface area contributed by atoms with Gasteiger partial charge >= 0.3 is 18.2 Å². The number of hydrogen-bond donors (Lipinski definition) is 2. The van der Waals surface area contributed by atoms with E-state index in [-0.39, 0.29) is 24.1 Å². The summed E-state index contributed by atoms with van der Waals surface area (Å²) >= 11 is 0. The minimum absolute atomic E-state index is 0.0185. The molecule has 17 heteroatoms. The van der Waals surface area contributed by atoms with E-state index in [0.29, 0.717) is 0 Å². The predicted molar refractivity (Wildman–Crippen MR) is 215 cm³/mol. The van der Waals surface area contributed by atoms with Gasteiger partial charge in [-0.3, -0.25) is 19.5 Å². The summed E-state index contributed by atoms with van der Waals surface area (Å²) in [4.78, 5) is 59.2.